The monoisotopic (exact) mass is 719 g/mol. The molecule has 0 bridgehead atoms. The molecule has 0 heterocycles. The first kappa shape index (κ1) is 47.2. The molecule has 49 heavy (non-hydrogen) atoms. The van der Waals surface area contributed by atoms with Crippen molar-refractivity contribution < 1.29 is 47.5 Å². The van der Waals surface area contributed by atoms with Crippen LogP contribution in [0.25, 0.3) is 0 Å². The van der Waals surface area contributed by atoms with Crippen LogP contribution in [0.5, 0.6) is 0 Å². The normalized spacial score (nSPS) is 14.0. The van der Waals surface area contributed by atoms with Crippen LogP contribution in [0.2, 0.25) is 0 Å². The van der Waals surface area contributed by atoms with Gasteiger partial charge in [-0.3, -0.25) is 23.4 Å². The number of esters is 2. The van der Waals surface area contributed by atoms with Crippen LogP contribution >= 0.6 is 7.82 Å². The molecule has 4 N–H and O–H groups in total. The van der Waals surface area contributed by atoms with Gasteiger partial charge in [0.2, 0.25) is 0 Å². The molecule has 0 aromatic rings. The molecule has 288 valence electrons. The summed E-state index contributed by atoms with van der Waals surface area (Å²) >= 11 is 0. The van der Waals surface area contributed by atoms with E-state index in [9.17, 15) is 23.8 Å². The minimum absolute atomic E-state index is 0.0819. The zero-order valence-corrected chi connectivity index (χ0v) is 31.7. The number of carboxylic acids is 1. The first-order valence-electron chi connectivity index (χ1n) is 19.2. The molecule has 0 spiro atoms. The van der Waals surface area contributed by atoms with E-state index in [-0.39, 0.29) is 19.4 Å². The first-order chi connectivity index (χ1) is 23.6. The summed E-state index contributed by atoms with van der Waals surface area (Å²) in [4.78, 5) is 45.6. The Hall–Kier alpha value is -1.78. The van der Waals surface area contributed by atoms with Gasteiger partial charge in [-0.25, -0.2) is 4.57 Å². The fraction of sp³-hybridized carbons (Fsp3) is 0.865. The summed E-state index contributed by atoms with van der Waals surface area (Å²) in [6.45, 7) is 2.74. The lowest BCUT2D eigenvalue weighted by Gasteiger charge is -2.20. The molecule has 12 heteroatoms. The highest BCUT2D eigenvalue weighted by Gasteiger charge is 2.28. The van der Waals surface area contributed by atoms with Crippen LogP contribution in [0.15, 0.2) is 12.2 Å². The molecule has 0 amide bonds. The predicted octanol–water partition coefficient (Wildman–Crippen LogP) is 9.34. The van der Waals surface area contributed by atoms with Crippen molar-refractivity contribution >= 4 is 25.7 Å². The minimum Gasteiger partial charge on any atom is -0.480 e. The fourth-order valence-electron chi connectivity index (χ4n) is 5.20. The van der Waals surface area contributed by atoms with Crippen molar-refractivity contribution in [3.05, 3.63) is 12.2 Å². The van der Waals surface area contributed by atoms with Gasteiger partial charge in [0.25, 0.3) is 0 Å². The molecule has 0 aromatic carbocycles. The Balaban J connectivity index is 4.46. The Bertz CT molecular complexity index is 900. The number of phosphoric acid groups is 1. The Morgan fingerprint density at radius 1 is 0.612 bits per heavy atom. The van der Waals surface area contributed by atoms with Gasteiger partial charge in [-0.1, -0.05) is 148 Å². The maximum Gasteiger partial charge on any atom is 0.472 e. The lowest BCUT2D eigenvalue weighted by molar-refractivity contribution is -0.161. The fourth-order valence-corrected chi connectivity index (χ4v) is 5.98. The maximum absolute atomic E-state index is 12.5. The van der Waals surface area contributed by atoms with Gasteiger partial charge >= 0.3 is 25.7 Å². The number of carboxylic acid groups (broad SMARTS) is 1. The van der Waals surface area contributed by atoms with Crippen LogP contribution in [0.4, 0.5) is 0 Å². The molecular weight excluding hydrogens is 649 g/mol. The molecular formula is C37H70NO10P. The number of carbonyl (C=O) groups is 3. The lowest BCUT2D eigenvalue weighted by atomic mass is 10.1. The van der Waals surface area contributed by atoms with Gasteiger partial charge in [-0.15, -0.1) is 0 Å². The number of nitrogens with two attached hydrogens (primary N) is 1. The number of aliphatic carboxylic acids is 1. The topological polar surface area (TPSA) is 172 Å². The van der Waals surface area contributed by atoms with Crippen molar-refractivity contribution in [2.24, 2.45) is 5.73 Å². The number of hydrogen-bond acceptors (Lipinski definition) is 9. The number of hydrogen-bond donors (Lipinski definition) is 3. The Kier molecular flexibility index (Phi) is 32.2. The quantitative estimate of drug-likeness (QED) is 0.0244. The summed E-state index contributed by atoms with van der Waals surface area (Å²) in [7, 11) is -4.71. The van der Waals surface area contributed by atoms with Crippen LogP contribution in [-0.2, 0) is 37.5 Å². The smallest absolute Gasteiger partial charge is 0.472 e. The number of carbonyl (C=O) groups excluding carboxylic acids is 2. The second-order valence-electron chi connectivity index (χ2n) is 13.1. The van der Waals surface area contributed by atoms with Gasteiger partial charge in [0.05, 0.1) is 13.2 Å². The van der Waals surface area contributed by atoms with Crippen molar-refractivity contribution in [3.63, 3.8) is 0 Å². The van der Waals surface area contributed by atoms with E-state index < -0.39 is 51.1 Å². The molecule has 0 aliphatic rings. The van der Waals surface area contributed by atoms with Crippen molar-refractivity contribution in [2.45, 2.75) is 187 Å². The standard InChI is InChI=1S/C37H70NO10P/c1-3-5-7-9-11-13-15-16-17-18-19-21-23-25-27-29-36(40)48-33(31-46-49(43,44)47-32-34(38)37(41)42)30-45-35(39)28-26-24-22-20-14-12-10-8-6-4-2/h23,25,33-34H,3-22,24,26-32,38H2,1-2H3,(H,41,42)(H,43,44)/b25-23+/t33-,34+/m1/s1. The average molecular weight is 720 g/mol. The zero-order chi connectivity index (χ0) is 36.4. The van der Waals surface area contributed by atoms with Gasteiger partial charge in [-0.05, 0) is 25.7 Å². The molecule has 0 fully saturated rings. The number of phosphoric ester groups is 1. The summed E-state index contributed by atoms with van der Waals surface area (Å²) < 4.78 is 32.5. The van der Waals surface area contributed by atoms with Gasteiger partial charge < -0.3 is 25.2 Å². The van der Waals surface area contributed by atoms with E-state index in [1.54, 1.807) is 0 Å². The maximum atomic E-state index is 12.5. The molecule has 0 saturated carbocycles. The number of rotatable bonds is 36. The van der Waals surface area contributed by atoms with Crippen LogP contribution in [0, 0.1) is 0 Å². The highest BCUT2D eigenvalue weighted by atomic mass is 31.2. The Labute approximate surface area is 297 Å². The van der Waals surface area contributed by atoms with Crippen molar-refractivity contribution in [3.8, 4) is 0 Å². The average Bonchev–Trinajstić information content (AvgIpc) is 3.07. The molecule has 3 atom stereocenters. The molecule has 0 radical (unpaired) electrons. The van der Waals surface area contributed by atoms with E-state index in [2.05, 4.69) is 24.4 Å². The van der Waals surface area contributed by atoms with Crippen molar-refractivity contribution in [1.29, 1.82) is 0 Å². The molecule has 0 rings (SSSR count). The first-order valence-corrected chi connectivity index (χ1v) is 20.7. The van der Waals surface area contributed by atoms with E-state index >= 15 is 0 Å². The molecule has 0 aliphatic heterocycles. The molecule has 11 nitrogen and oxygen atoms in total. The second kappa shape index (κ2) is 33.4. The molecule has 1 unspecified atom stereocenters. The van der Waals surface area contributed by atoms with Gasteiger partial charge in [-0.2, -0.15) is 0 Å². The third kappa shape index (κ3) is 33.1. The van der Waals surface area contributed by atoms with Gasteiger partial charge in [0, 0.05) is 12.8 Å². The summed E-state index contributed by atoms with van der Waals surface area (Å²) in [5.41, 5.74) is 5.31. The van der Waals surface area contributed by atoms with Crippen LogP contribution < -0.4 is 5.73 Å². The number of allylic oxidation sites excluding steroid dienone is 2. The van der Waals surface area contributed by atoms with Crippen LogP contribution in [0.3, 0.4) is 0 Å². The SMILES string of the molecule is CCCCCCCCCCCCC/C=C/CCC(=O)O[C@H](COC(=O)CCCCCCCCCCCC)COP(=O)(O)OC[C@H](N)C(=O)O. The third-order valence-corrected chi connectivity index (χ3v) is 9.23. The Morgan fingerprint density at radius 2 is 1.06 bits per heavy atom. The Morgan fingerprint density at radius 3 is 1.57 bits per heavy atom. The molecule has 0 saturated heterocycles. The third-order valence-electron chi connectivity index (χ3n) is 8.28. The van der Waals surface area contributed by atoms with E-state index in [4.69, 9.17) is 24.8 Å². The van der Waals surface area contributed by atoms with Crippen LogP contribution in [0.1, 0.15) is 174 Å². The van der Waals surface area contributed by atoms with Crippen molar-refractivity contribution in [1.82, 2.24) is 0 Å². The van der Waals surface area contributed by atoms with Crippen molar-refractivity contribution in [2.75, 3.05) is 19.8 Å². The van der Waals surface area contributed by atoms with E-state index in [1.807, 2.05) is 6.08 Å². The number of unbranched alkanes of at least 4 members (excludes halogenated alkanes) is 20. The summed E-state index contributed by atoms with van der Waals surface area (Å²) in [5.74, 6) is -2.43. The van der Waals surface area contributed by atoms with E-state index in [0.29, 0.717) is 12.8 Å². The van der Waals surface area contributed by atoms with E-state index in [0.717, 1.165) is 32.1 Å². The summed E-state index contributed by atoms with van der Waals surface area (Å²) in [5, 5.41) is 8.85. The summed E-state index contributed by atoms with van der Waals surface area (Å²) in [6, 6.07) is -1.52. The lowest BCUT2D eigenvalue weighted by Crippen LogP contribution is -2.34. The zero-order valence-electron chi connectivity index (χ0n) is 30.8. The van der Waals surface area contributed by atoms with Crippen LogP contribution in [-0.4, -0.2) is 59.9 Å². The van der Waals surface area contributed by atoms with Gasteiger partial charge in [0.1, 0.15) is 12.6 Å². The largest absolute Gasteiger partial charge is 0.480 e. The molecule has 0 aromatic heterocycles. The second-order valence-corrected chi connectivity index (χ2v) is 14.5. The number of ether oxygens (including phenoxy) is 2. The molecule has 0 aliphatic carbocycles. The van der Waals surface area contributed by atoms with E-state index in [1.165, 1.54) is 103 Å². The predicted molar refractivity (Wildman–Crippen MR) is 194 cm³/mol. The highest BCUT2D eigenvalue weighted by Crippen LogP contribution is 2.43. The van der Waals surface area contributed by atoms with Gasteiger partial charge in [0.15, 0.2) is 6.10 Å². The highest BCUT2D eigenvalue weighted by molar-refractivity contribution is 7.47. The summed E-state index contributed by atoms with van der Waals surface area (Å²) in [6.07, 6.45) is 30.2. The minimum atomic E-state index is -4.71.